The fraction of sp³-hybridized carbons (Fsp3) is 0. The molecule has 0 saturated carbocycles. The number of nitrogen functional groups attached to an aromatic ring is 1. The molecule has 0 spiro atoms. The summed E-state index contributed by atoms with van der Waals surface area (Å²) in [6.45, 7) is 0. The largest absolute Gasteiger partial charge is 0.399 e. The van der Waals surface area contributed by atoms with Crippen molar-refractivity contribution in [2.24, 2.45) is 0 Å². The minimum atomic E-state index is 0.575. The highest BCUT2D eigenvalue weighted by atomic mass is 35.5. The highest BCUT2D eigenvalue weighted by Gasteiger charge is 2.08. The molecular formula is C11H8ClN5. The summed E-state index contributed by atoms with van der Waals surface area (Å²) in [5, 5.41) is 8.70. The molecule has 0 aliphatic rings. The molecule has 0 unspecified atom stereocenters. The van der Waals surface area contributed by atoms with Crippen LogP contribution in [0.25, 0.3) is 17.0 Å². The van der Waals surface area contributed by atoms with Gasteiger partial charge in [0.05, 0.1) is 6.20 Å². The molecule has 1 aromatic carbocycles. The van der Waals surface area contributed by atoms with Crippen molar-refractivity contribution in [2.75, 3.05) is 5.73 Å². The number of nitrogens with two attached hydrogens (primary N) is 1. The molecule has 0 saturated heterocycles. The second-order valence-electron chi connectivity index (χ2n) is 3.60. The molecule has 6 heteroatoms. The monoisotopic (exact) mass is 245 g/mol. The number of fused-ring (bicyclic) bond motifs is 1. The number of hydrogen-bond acceptors (Lipinski definition) is 4. The van der Waals surface area contributed by atoms with Gasteiger partial charge in [0.2, 0.25) is 0 Å². The summed E-state index contributed by atoms with van der Waals surface area (Å²) in [5.74, 6) is 0.691. The standard InChI is InChI=1S/C11H8ClN5/c12-8-3-7(4-9(13)5-8)11-16-15-10-6-14-1-2-17(10)11/h1-6H,13H2. The van der Waals surface area contributed by atoms with Crippen molar-refractivity contribution >= 4 is 22.9 Å². The Hall–Kier alpha value is -2.14. The van der Waals surface area contributed by atoms with E-state index in [1.165, 1.54) is 0 Å². The third-order valence-corrected chi connectivity index (χ3v) is 2.61. The van der Waals surface area contributed by atoms with Gasteiger partial charge in [-0.2, -0.15) is 0 Å². The van der Waals surface area contributed by atoms with Crippen molar-refractivity contribution in [1.82, 2.24) is 19.6 Å². The lowest BCUT2D eigenvalue weighted by atomic mass is 10.2. The summed E-state index contributed by atoms with van der Waals surface area (Å²) < 4.78 is 1.83. The fourth-order valence-electron chi connectivity index (χ4n) is 1.69. The van der Waals surface area contributed by atoms with Crippen molar-refractivity contribution < 1.29 is 0 Å². The first-order valence-electron chi connectivity index (χ1n) is 4.95. The number of aromatic nitrogens is 4. The highest BCUT2D eigenvalue weighted by molar-refractivity contribution is 6.31. The number of benzene rings is 1. The molecule has 2 aromatic heterocycles. The van der Waals surface area contributed by atoms with E-state index in [9.17, 15) is 0 Å². The first-order valence-corrected chi connectivity index (χ1v) is 5.33. The van der Waals surface area contributed by atoms with Crippen molar-refractivity contribution in [3.63, 3.8) is 0 Å². The lowest BCUT2D eigenvalue weighted by Gasteiger charge is -2.02. The van der Waals surface area contributed by atoms with E-state index in [0.717, 1.165) is 5.56 Å². The predicted molar refractivity (Wildman–Crippen MR) is 65.6 cm³/mol. The van der Waals surface area contributed by atoms with E-state index in [2.05, 4.69) is 15.2 Å². The smallest absolute Gasteiger partial charge is 0.179 e. The maximum Gasteiger partial charge on any atom is 0.179 e. The average molecular weight is 246 g/mol. The molecule has 2 N–H and O–H groups in total. The van der Waals surface area contributed by atoms with Crippen LogP contribution in [0, 0.1) is 0 Å². The van der Waals surface area contributed by atoms with Gasteiger partial charge in [-0.1, -0.05) is 11.6 Å². The van der Waals surface area contributed by atoms with Crippen molar-refractivity contribution in [3.8, 4) is 11.4 Å². The molecule has 5 nitrogen and oxygen atoms in total. The van der Waals surface area contributed by atoms with Crippen LogP contribution in [0.5, 0.6) is 0 Å². The molecule has 0 aliphatic heterocycles. The first-order chi connectivity index (χ1) is 8.24. The van der Waals surface area contributed by atoms with E-state index in [1.807, 2.05) is 10.5 Å². The number of halogens is 1. The first kappa shape index (κ1) is 10.0. The quantitative estimate of drug-likeness (QED) is 0.666. The van der Waals surface area contributed by atoms with Gasteiger partial charge in [-0.05, 0) is 18.2 Å². The minimum absolute atomic E-state index is 0.575. The maximum atomic E-state index is 5.97. The summed E-state index contributed by atoms with van der Waals surface area (Å²) in [6.07, 6.45) is 5.11. The van der Waals surface area contributed by atoms with Gasteiger partial charge in [0.1, 0.15) is 0 Å². The molecule has 3 aromatic rings. The lowest BCUT2D eigenvalue weighted by molar-refractivity contribution is 1.11. The van der Waals surface area contributed by atoms with Crippen LogP contribution in [0.4, 0.5) is 5.69 Å². The Morgan fingerprint density at radius 2 is 2.06 bits per heavy atom. The number of rotatable bonds is 1. The van der Waals surface area contributed by atoms with Gasteiger partial charge >= 0.3 is 0 Å². The van der Waals surface area contributed by atoms with Gasteiger partial charge in [-0.3, -0.25) is 9.38 Å². The summed E-state index contributed by atoms with van der Waals surface area (Å²) in [7, 11) is 0. The van der Waals surface area contributed by atoms with Gasteiger partial charge in [-0.15, -0.1) is 10.2 Å². The lowest BCUT2D eigenvalue weighted by Crippen LogP contribution is -1.91. The van der Waals surface area contributed by atoms with Crippen LogP contribution in [-0.2, 0) is 0 Å². The van der Waals surface area contributed by atoms with Crippen molar-refractivity contribution in [3.05, 3.63) is 41.8 Å². The highest BCUT2D eigenvalue weighted by Crippen LogP contribution is 2.24. The molecule has 2 heterocycles. The van der Waals surface area contributed by atoms with Gasteiger partial charge < -0.3 is 5.73 Å². The summed E-state index contributed by atoms with van der Waals surface area (Å²) in [4.78, 5) is 3.98. The Morgan fingerprint density at radius 3 is 2.88 bits per heavy atom. The van der Waals surface area contributed by atoms with E-state index >= 15 is 0 Å². The van der Waals surface area contributed by atoms with E-state index in [0.29, 0.717) is 22.2 Å². The van der Waals surface area contributed by atoms with E-state index in [4.69, 9.17) is 17.3 Å². The zero-order chi connectivity index (χ0) is 11.8. The Morgan fingerprint density at radius 1 is 1.18 bits per heavy atom. The van der Waals surface area contributed by atoms with Gasteiger partial charge in [-0.25, -0.2) is 0 Å². The molecule has 3 rings (SSSR count). The summed E-state index contributed by atoms with van der Waals surface area (Å²) in [5.41, 5.74) is 7.86. The molecule has 84 valence electrons. The third kappa shape index (κ3) is 1.70. The van der Waals surface area contributed by atoms with E-state index in [-0.39, 0.29) is 0 Å². The van der Waals surface area contributed by atoms with Gasteiger partial charge in [0, 0.05) is 28.7 Å². The Kier molecular flexibility index (Phi) is 2.19. The minimum Gasteiger partial charge on any atom is -0.399 e. The number of hydrogen-bond donors (Lipinski definition) is 1. The van der Waals surface area contributed by atoms with Crippen LogP contribution >= 0.6 is 11.6 Å². The molecular weight excluding hydrogens is 238 g/mol. The van der Waals surface area contributed by atoms with Crippen LogP contribution in [0.3, 0.4) is 0 Å². The molecule has 0 amide bonds. The summed E-state index contributed by atoms with van der Waals surface area (Å²) in [6, 6.07) is 5.30. The Balaban J connectivity index is 2.27. The SMILES string of the molecule is Nc1cc(Cl)cc(-c2nnc3cnccn23)c1. The second-order valence-corrected chi connectivity index (χ2v) is 4.04. The third-order valence-electron chi connectivity index (χ3n) is 2.39. The number of nitrogens with zero attached hydrogens (tertiary/aromatic N) is 4. The average Bonchev–Trinajstić information content (AvgIpc) is 2.71. The van der Waals surface area contributed by atoms with Gasteiger partial charge in [0.25, 0.3) is 0 Å². The van der Waals surface area contributed by atoms with Crippen molar-refractivity contribution in [2.45, 2.75) is 0 Å². The second kappa shape index (κ2) is 3.71. The topological polar surface area (TPSA) is 69.1 Å². The molecule has 17 heavy (non-hydrogen) atoms. The van der Waals surface area contributed by atoms with Crippen LogP contribution in [0.2, 0.25) is 5.02 Å². The normalized spacial score (nSPS) is 10.9. The van der Waals surface area contributed by atoms with Crippen molar-refractivity contribution in [1.29, 1.82) is 0 Å². The Bertz CT molecular complexity index is 671. The van der Waals surface area contributed by atoms with Crippen LogP contribution in [-0.4, -0.2) is 19.6 Å². The van der Waals surface area contributed by atoms with E-state index < -0.39 is 0 Å². The molecule has 0 fully saturated rings. The van der Waals surface area contributed by atoms with E-state index in [1.54, 1.807) is 30.7 Å². The summed E-state index contributed by atoms with van der Waals surface area (Å²) >= 11 is 5.97. The Labute approximate surface area is 102 Å². The molecule has 0 atom stereocenters. The van der Waals surface area contributed by atoms with Crippen LogP contribution in [0.1, 0.15) is 0 Å². The molecule has 0 aliphatic carbocycles. The zero-order valence-electron chi connectivity index (χ0n) is 8.71. The van der Waals surface area contributed by atoms with Crippen LogP contribution < -0.4 is 5.73 Å². The predicted octanol–water partition coefficient (Wildman–Crippen LogP) is 2.03. The zero-order valence-corrected chi connectivity index (χ0v) is 9.46. The number of anilines is 1. The maximum absolute atomic E-state index is 5.97. The fourth-order valence-corrected chi connectivity index (χ4v) is 1.94. The molecule has 0 radical (unpaired) electrons. The van der Waals surface area contributed by atoms with Gasteiger partial charge in [0.15, 0.2) is 11.5 Å². The molecule has 0 bridgehead atoms. The van der Waals surface area contributed by atoms with Crippen LogP contribution in [0.15, 0.2) is 36.8 Å².